The molecule has 0 unspecified atom stereocenters. The van der Waals surface area contributed by atoms with Gasteiger partial charge in [0.2, 0.25) is 0 Å². The third-order valence-electron chi connectivity index (χ3n) is 6.90. The minimum Gasteiger partial charge on any atom is -0.485 e. The van der Waals surface area contributed by atoms with Crippen molar-refractivity contribution in [3.8, 4) is 11.5 Å². The van der Waals surface area contributed by atoms with Crippen LogP contribution in [0.3, 0.4) is 0 Å². The van der Waals surface area contributed by atoms with Gasteiger partial charge in [0.1, 0.15) is 13.2 Å². The maximum Gasteiger partial charge on any atom is 0.335 e. The molecule has 0 aliphatic rings. The summed E-state index contributed by atoms with van der Waals surface area (Å²) in [4.78, 5) is 23.1. The van der Waals surface area contributed by atoms with Crippen molar-refractivity contribution in [2.45, 2.75) is 20.1 Å². The molecule has 6 heteroatoms. The predicted molar refractivity (Wildman–Crippen MR) is 168 cm³/mol. The molecule has 0 amide bonds. The highest BCUT2D eigenvalue weighted by molar-refractivity contribution is 5.98. The van der Waals surface area contributed by atoms with E-state index in [4.69, 9.17) is 9.47 Å². The number of benzene rings is 5. The molecule has 0 saturated carbocycles. The van der Waals surface area contributed by atoms with E-state index in [-0.39, 0.29) is 5.56 Å². The van der Waals surface area contributed by atoms with Crippen LogP contribution in [0.1, 0.15) is 39.5 Å². The van der Waals surface area contributed by atoms with Crippen molar-refractivity contribution in [3.05, 3.63) is 155 Å². The van der Waals surface area contributed by atoms with Crippen LogP contribution in [0.15, 0.2) is 127 Å². The van der Waals surface area contributed by atoms with E-state index in [0.29, 0.717) is 41.4 Å². The summed E-state index contributed by atoms with van der Waals surface area (Å²) in [6, 6.07) is 36.1. The molecule has 5 rings (SSSR count). The topological polar surface area (TPSA) is 93.1 Å². The zero-order valence-corrected chi connectivity index (χ0v) is 23.6. The van der Waals surface area contributed by atoms with E-state index < -0.39 is 11.9 Å². The van der Waals surface area contributed by atoms with Crippen LogP contribution in [0.25, 0.3) is 22.4 Å². The van der Waals surface area contributed by atoms with E-state index in [1.165, 1.54) is 6.07 Å². The lowest BCUT2D eigenvalue weighted by Crippen LogP contribution is -2.01. The highest BCUT2D eigenvalue weighted by Crippen LogP contribution is 2.35. The Morgan fingerprint density at radius 2 is 1.23 bits per heavy atom. The third kappa shape index (κ3) is 7.57. The molecular formula is C37H30O6. The Hall–Kier alpha value is -5.62. The Labute approximate surface area is 249 Å². The minimum absolute atomic E-state index is 0.119. The van der Waals surface area contributed by atoms with Gasteiger partial charge in [-0.2, -0.15) is 0 Å². The van der Waals surface area contributed by atoms with Gasteiger partial charge in [-0.25, -0.2) is 9.59 Å². The summed E-state index contributed by atoms with van der Waals surface area (Å²) in [6.07, 6.45) is 2.98. The molecule has 0 saturated heterocycles. The Balaban J connectivity index is 1.54. The summed E-state index contributed by atoms with van der Waals surface area (Å²) in [6.45, 7) is 2.46. The molecule has 214 valence electrons. The first kappa shape index (κ1) is 28.9. The number of carboxylic acid groups (broad SMARTS) is 2. The monoisotopic (exact) mass is 570 g/mol. The number of fused-ring (bicyclic) bond motifs is 1. The van der Waals surface area contributed by atoms with Crippen LogP contribution < -0.4 is 9.47 Å². The van der Waals surface area contributed by atoms with Crippen molar-refractivity contribution in [3.63, 3.8) is 0 Å². The van der Waals surface area contributed by atoms with Crippen molar-refractivity contribution in [2.24, 2.45) is 0 Å². The number of hydrogen-bond donors (Lipinski definition) is 2. The molecule has 5 aromatic carbocycles. The van der Waals surface area contributed by atoms with Crippen molar-refractivity contribution < 1.29 is 29.3 Å². The average molecular weight is 571 g/mol. The maximum atomic E-state index is 11.6. The van der Waals surface area contributed by atoms with Crippen molar-refractivity contribution in [1.82, 2.24) is 0 Å². The number of carbonyl (C=O) groups is 2. The Kier molecular flexibility index (Phi) is 8.98. The highest BCUT2D eigenvalue weighted by atomic mass is 16.5. The molecule has 0 spiro atoms. The molecule has 6 nitrogen and oxygen atoms in total. The largest absolute Gasteiger partial charge is 0.485 e. The number of rotatable bonds is 11. The van der Waals surface area contributed by atoms with Gasteiger partial charge in [0.05, 0.1) is 5.56 Å². The summed E-state index contributed by atoms with van der Waals surface area (Å²) in [5.74, 6) is -0.911. The SMILES string of the molecule is CC(=C\C(=O)O)/C(=C/c1ccc2cc(OCc3ccccc3)c(OCc3ccccc3)cc2c1)c1cccc(C(=O)O)c1. The molecular weight excluding hydrogens is 540 g/mol. The lowest BCUT2D eigenvalue weighted by atomic mass is 9.94. The van der Waals surface area contributed by atoms with Crippen LogP contribution in [0.2, 0.25) is 0 Å². The van der Waals surface area contributed by atoms with Crippen LogP contribution in [0.5, 0.6) is 11.5 Å². The summed E-state index contributed by atoms with van der Waals surface area (Å²) in [5, 5.41) is 20.8. The zero-order chi connectivity index (χ0) is 30.2. The molecule has 0 radical (unpaired) electrons. The van der Waals surface area contributed by atoms with E-state index >= 15 is 0 Å². The van der Waals surface area contributed by atoms with Gasteiger partial charge >= 0.3 is 11.9 Å². The molecule has 0 fully saturated rings. The summed E-state index contributed by atoms with van der Waals surface area (Å²) in [7, 11) is 0. The van der Waals surface area contributed by atoms with E-state index in [9.17, 15) is 19.8 Å². The first-order valence-electron chi connectivity index (χ1n) is 13.7. The van der Waals surface area contributed by atoms with Crippen LogP contribution in [-0.2, 0) is 18.0 Å². The van der Waals surface area contributed by atoms with Gasteiger partial charge in [0, 0.05) is 6.08 Å². The van der Waals surface area contributed by atoms with Gasteiger partial charge in [-0.05, 0) is 87.5 Å². The lowest BCUT2D eigenvalue weighted by Gasteiger charge is -2.15. The van der Waals surface area contributed by atoms with E-state index in [0.717, 1.165) is 33.5 Å². The molecule has 0 aromatic heterocycles. The maximum absolute atomic E-state index is 11.6. The molecule has 5 aromatic rings. The van der Waals surface area contributed by atoms with Crippen molar-refractivity contribution >= 4 is 34.4 Å². The van der Waals surface area contributed by atoms with Gasteiger partial charge < -0.3 is 19.7 Å². The molecule has 0 heterocycles. The standard InChI is InChI=1S/C37H30O6/c1-25(17-36(38)39)33(30-13-8-14-31(20-30)37(40)41)19-28-15-16-29-21-34(42-23-26-9-4-2-5-10-26)35(22-32(29)18-28)43-24-27-11-6-3-7-12-27/h2-22H,23-24H2,1H3,(H,38,39)(H,40,41)/b25-17+,33-19-. The second kappa shape index (κ2) is 13.4. The zero-order valence-electron chi connectivity index (χ0n) is 23.6. The third-order valence-corrected chi connectivity index (χ3v) is 6.90. The number of aromatic carboxylic acids is 1. The molecule has 43 heavy (non-hydrogen) atoms. The molecule has 2 N–H and O–H groups in total. The van der Waals surface area contributed by atoms with Crippen LogP contribution in [0, 0.1) is 0 Å². The number of hydrogen-bond acceptors (Lipinski definition) is 4. The lowest BCUT2D eigenvalue weighted by molar-refractivity contribution is -0.131. The highest BCUT2D eigenvalue weighted by Gasteiger charge is 2.13. The summed E-state index contributed by atoms with van der Waals surface area (Å²) in [5.41, 5.74) is 4.71. The van der Waals surface area contributed by atoms with Crippen molar-refractivity contribution in [1.29, 1.82) is 0 Å². The normalized spacial score (nSPS) is 11.7. The fourth-order valence-electron chi connectivity index (χ4n) is 4.73. The Bertz CT molecular complexity index is 1820. The van der Waals surface area contributed by atoms with Gasteiger partial charge in [-0.15, -0.1) is 0 Å². The first-order chi connectivity index (χ1) is 20.9. The fourth-order valence-corrected chi connectivity index (χ4v) is 4.73. The summed E-state index contributed by atoms with van der Waals surface area (Å²) < 4.78 is 12.5. The second-order valence-electron chi connectivity index (χ2n) is 10.1. The second-order valence-corrected chi connectivity index (χ2v) is 10.1. The Morgan fingerprint density at radius 1 is 0.651 bits per heavy atom. The van der Waals surface area contributed by atoms with Crippen LogP contribution in [-0.4, -0.2) is 22.2 Å². The van der Waals surface area contributed by atoms with E-state index in [1.54, 1.807) is 25.1 Å². The molecule has 0 aliphatic carbocycles. The van der Waals surface area contributed by atoms with Crippen LogP contribution in [0.4, 0.5) is 0 Å². The quantitative estimate of drug-likeness (QED) is 0.0943. The number of aliphatic carboxylic acids is 1. The number of ether oxygens (including phenoxy) is 2. The van der Waals surface area contributed by atoms with Gasteiger partial charge in [0.25, 0.3) is 0 Å². The average Bonchev–Trinajstić information content (AvgIpc) is 3.02. The Morgan fingerprint density at radius 3 is 1.81 bits per heavy atom. The van der Waals surface area contributed by atoms with Gasteiger partial charge in [0.15, 0.2) is 11.5 Å². The predicted octanol–water partition coefficient (Wildman–Crippen LogP) is 8.27. The molecule has 0 bridgehead atoms. The summed E-state index contributed by atoms with van der Waals surface area (Å²) >= 11 is 0. The van der Waals surface area contributed by atoms with E-state index in [1.807, 2.05) is 97.1 Å². The smallest absolute Gasteiger partial charge is 0.335 e. The first-order valence-corrected chi connectivity index (χ1v) is 13.7. The number of allylic oxidation sites excluding steroid dienone is 2. The number of carboxylic acids is 2. The van der Waals surface area contributed by atoms with Crippen molar-refractivity contribution in [2.75, 3.05) is 0 Å². The molecule has 0 atom stereocenters. The van der Waals surface area contributed by atoms with E-state index in [2.05, 4.69) is 0 Å². The van der Waals surface area contributed by atoms with Gasteiger partial charge in [-0.1, -0.05) is 84.9 Å². The minimum atomic E-state index is -1.08. The molecule has 0 aliphatic heterocycles. The van der Waals surface area contributed by atoms with Crippen LogP contribution >= 0.6 is 0 Å². The fraction of sp³-hybridized carbons (Fsp3) is 0.0811. The van der Waals surface area contributed by atoms with Gasteiger partial charge in [-0.3, -0.25) is 0 Å².